The summed E-state index contributed by atoms with van der Waals surface area (Å²) in [5.41, 5.74) is 3.97. The van der Waals surface area contributed by atoms with Gasteiger partial charge in [0.05, 0.1) is 11.0 Å². The van der Waals surface area contributed by atoms with Crippen molar-refractivity contribution in [1.29, 1.82) is 0 Å². The summed E-state index contributed by atoms with van der Waals surface area (Å²) in [4.78, 5) is 30.5. The number of aromatic nitrogens is 2. The van der Waals surface area contributed by atoms with Crippen molar-refractivity contribution >= 4 is 38.9 Å². The number of para-hydroxylation sites is 3. The molecule has 2 aromatic heterocycles. The number of amides is 1. The van der Waals surface area contributed by atoms with Crippen molar-refractivity contribution < 1.29 is 4.79 Å². The molecule has 124 valence electrons. The Kier molecular flexibility index (Phi) is 3.62. The first-order chi connectivity index (χ1) is 12.0. The molecule has 0 aliphatic rings. The van der Waals surface area contributed by atoms with Crippen molar-refractivity contribution in [1.82, 2.24) is 9.38 Å². The molecule has 0 atom stereocenters. The Bertz CT molecular complexity index is 1170. The minimum Gasteiger partial charge on any atom is -0.321 e. The van der Waals surface area contributed by atoms with Crippen LogP contribution >= 0.6 is 11.3 Å². The lowest BCUT2D eigenvalue weighted by Crippen LogP contribution is -2.18. The van der Waals surface area contributed by atoms with E-state index in [9.17, 15) is 9.59 Å². The third kappa shape index (κ3) is 2.60. The maximum absolute atomic E-state index is 12.7. The van der Waals surface area contributed by atoms with Gasteiger partial charge in [-0.25, -0.2) is 4.98 Å². The molecule has 0 radical (unpaired) electrons. The van der Waals surface area contributed by atoms with E-state index in [2.05, 4.69) is 10.3 Å². The zero-order chi connectivity index (χ0) is 17.6. The number of anilines is 1. The number of aryl methyl sites for hydroxylation is 2. The average molecular weight is 349 g/mol. The van der Waals surface area contributed by atoms with Gasteiger partial charge in [-0.2, -0.15) is 0 Å². The van der Waals surface area contributed by atoms with E-state index in [1.807, 2.05) is 56.3 Å². The Hall–Kier alpha value is -2.99. The molecular weight excluding hydrogens is 334 g/mol. The van der Waals surface area contributed by atoms with Crippen molar-refractivity contribution in [2.75, 3.05) is 5.32 Å². The fourth-order valence-corrected chi connectivity index (χ4v) is 3.81. The first-order valence-electron chi connectivity index (χ1n) is 7.83. The van der Waals surface area contributed by atoms with Gasteiger partial charge >= 0.3 is 0 Å². The Balaban J connectivity index is 1.80. The summed E-state index contributed by atoms with van der Waals surface area (Å²) < 4.78 is 1.54. The fraction of sp³-hybridized carbons (Fsp3) is 0.105. The average Bonchev–Trinajstić information content (AvgIpc) is 2.97. The van der Waals surface area contributed by atoms with Crippen LogP contribution in [0.1, 0.15) is 20.8 Å². The molecule has 1 amide bonds. The molecule has 0 spiro atoms. The van der Waals surface area contributed by atoms with Gasteiger partial charge in [0.25, 0.3) is 11.5 Å². The van der Waals surface area contributed by atoms with Crippen LogP contribution in [-0.4, -0.2) is 15.3 Å². The van der Waals surface area contributed by atoms with E-state index in [-0.39, 0.29) is 11.5 Å². The number of carbonyl (C=O) groups is 1. The van der Waals surface area contributed by atoms with Gasteiger partial charge < -0.3 is 5.32 Å². The Morgan fingerprint density at radius 2 is 1.80 bits per heavy atom. The van der Waals surface area contributed by atoms with Crippen molar-refractivity contribution in [3.8, 4) is 0 Å². The van der Waals surface area contributed by atoms with Gasteiger partial charge in [0.2, 0.25) is 0 Å². The van der Waals surface area contributed by atoms with Crippen molar-refractivity contribution in [3.63, 3.8) is 0 Å². The first kappa shape index (κ1) is 15.5. The summed E-state index contributed by atoms with van der Waals surface area (Å²) in [7, 11) is 0. The minimum atomic E-state index is -0.297. The van der Waals surface area contributed by atoms with Crippen molar-refractivity contribution in [3.05, 3.63) is 74.9 Å². The van der Waals surface area contributed by atoms with Gasteiger partial charge in [0.15, 0.2) is 4.96 Å². The molecule has 4 aromatic rings. The predicted molar refractivity (Wildman–Crippen MR) is 101 cm³/mol. The molecule has 5 nitrogen and oxygen atoms in total. The second-order valence-corrected chi connectivity index (χ2v) is 6.90. The second-order valence-electron chi connectivity index (χ2n) is 5.89. The highest BCUT2D eigenvalue weighted by Gasteiger charge is 2.15. The van der Waals surface area contributed by atoms with Crippen LogP contribution in [0.5, 0.6) is 0 Å². The van der Waals surface area contributed by atoms with Gasteiger partial charge in [0, 0.05) is 11.8 Å². The zero-order valence-corrected chi connectivity index (χ0v) is 14.6. The van der Waals surface area contributed by atoms with Crippen molar-refractivity contribution in [2.45, 2.75) is 13.8 Å². The highest BCUT2D eigenvalue weighted by molar-refractivity contribution is 7.18. The third-order valence-corrected chi connectivity index (χ3v) is 5.13. The molecule has 6 heteroatoms. The minimum absolute atomic E-state index is 0.255. The lowest BCUT2D eigenvalue weighted by molar-refractivity contribution is 0.103. The molecule has 2 aromatic carbocycles. The maximum atomic E-state index is 12.7. The molecule has 0 bridgehead atoms. The maximum Gasteiger partial charge on any atom is 0.266 e. The number of nitrogens with zero attached hydrogens (tertiary/aromatic N) is 2. The van der Waals surface area contributed by atoms with Crippen LogP contribution in [-0.2, 0) is 0 Å². The summed E-state index contributed by atoms with van der Waals surface area (Å²) in [6, 6.07) is 14.6. The van der Waals surface area contributed by atoms with E-state index >= 15 is 0 Å². The number of carbonyl (C=O) groups excluding carboxylic acids is 1. The van der Waals surface area contributed by atoms with Gasteiger partial charge in [0.1, 0.15) is 4.88 Å². The molecular formula is C19H15N3O2S. The summed E-state index contributed by atoms with van der Waals surface area (Å²) in [5, 5.41) is 2.92. The molecule has 4 rings (SSSR count). The van der Waals surface area contributed by atoms with Crippen LogP contribution in [0.2, 0.25) is 0 Å². The normalized spacial score (nSPS) is 11.1. The van der Waals surface area contributed by atoms with Crippen LogP contribution in [0, 0.1) is 13.8 Å². The van der Waals surface area contributed by atoms with Crippen LogP contribution in [0.15, 0.2) is 53.3 Å². The zero-order valence-electron chi connectivity index (χ0n) is 13.7. The predicted octanol–water partition coefficient (Wildman–Crippen LogP) is 3.78. The van der Waals surface area contributed by atoms with E-state index in [0.29, 0.717) is 9.84 Å². The first-order valence-corrected chi connectivity index (χ1v) is 8.65. The largest absolute Gasteiger partial charge is 0.321 e. The molecule has 0 aliphatic heterocycles. The molecule has 1 N–H and O–H groups in total. The molecule has 2 heterocycles. The van der Waals surface area contributed by atoms with E-state index in [4.69, 9.17) is 0 Å². The van der Waals surface area contributed by atoms with Gasteiger partial charge in [-0.3, -0.25) is 14.0 Å². The Morgan fingerprint density at radius 1 is 1.08 bits per heavy atom. The van der Waals surface area contributed by atoms with Crippen LogP contribution < -0.4 is 10.9 Å². The number of benzene rings is 2. The highest BCUT2D eigenvalue weighted by atomic mass is 32.1. The molecule has 0 fully saturated rings. The van der Waals surface area contributed by atoms with E-state index in [1.54, 1.807) is 0 Å². The molecule has 0 aliphatic carbocycles. The van der Waals surface area contributed by atoms with E-state index in [1.165, 1.54) is 21.8 Å². The lowest BCUT2D eigenvalue weighted by Gasteiger charge is -2.11. The Labute approximate surface area is 147 Å². The van der Waals surface area contributed by atoms with E-state index in [0.717, 1.165) is 27.8 Å². The Morgan fingerprint density at radius 3 is 2.56 bits per heavy atom. The highest BCUT2D eigenvalue weighted by Crippen LogP contribution is 2.23. The SMILES string of the molecule is Cc1cccc(C)c1NC(=O)c1cc(=O)n2c(nc3ccccc32)s1. The second kappa shape index (κ2) is 5.82. The number of hydrogen-bond donors (Lipinski definition) is 1. The number of rotatable bonds is 2. The summed E-state index contributed by atoms with van der Waals surface area (Å²) in [6.07, 6.45) is 0. The summed E-state index contributed by atoms with van der Waals surface area (Å²) >= 11 is 1.21. The van der Waals surface area contributed by atoms with Crippen LogP contribution in [0.25, 0.3) is 16.0 Å². The summed E-state index contributed by atoms with van der Waals surface area (Å²) in [5.74, 6) is -0.297. The molecule has 0 saturated heterocycles. The number of hydrogen-bond acceptors (Lipinski definition) is 4. The topological polar surface area (TPSA) is 63.5 Å². The monoisotopic (exact) mass is 349 g/mol. The number of fused-ring (bicyclic) bond motifs is 3. The molecule has 25 heavy (non-hydrogen) atoms. The lowest BCUT2D eigenvalue weighted by atomic mass is 10.1. The summed E-state index contributed by atoms with van der Waals surface area (Å²) in [6.45, 7) is 3.88. The van der Waals surface area contributed by atoms with Gasteiger partial charge in [-0.15, -0.1) is 0 Å². The number of imidazole rings is 1. The third-order valence-electron chi connectivity index (χ3n) is 4.15. The standard InChI is InChI=1S/C19H15N3O2S/c1-11-6-5-7-12(2)17(11)21-18(24)15-10-16(23)22-14-9-4-3-8-13(14)20-19(22)25-15/h3-10H,1-2H3,(H,21,24). The smallest absolute Gasteiger partial charge is 0.266 e. The van der Waals surface area contributed by atoms with E-state index < -0.39 is 0 Å². The fourth-order valence-electron chi connectivity index (χ4n) is 2.89. The molecule has 0 unspecified atom stereocenters. The quantitative estimate of drug-likeness (QED) is 0.599. The van der Waals surface area contributed by atoms with Crippen LogP contribution in [0.3, 0.4) is 0 Å². The van der Waals surface area contributed by atoms with Crippen molar-refractivity contribution in [2.24, 2.45) is 0 Å². The van der Waals surface area contributed by atoms with Gasteiger partial charge in [-0.1, -0.05) is 41.7 Å². The molecule has 0 saturated carbocycles. The van der Waals surface area contributed by atoms with Gasteiger partial charge in [-0.05, 0) is 37.1 Å². The number of nitrogens with one attached hydrogen (secondary N) is 1. The van der Waals surface area contributed by atoms with Crippen LogP contribution in [0.4, 0.5) is 5.69 Å².